The van der Waals surface area contributed by atoms with E-state index >= 15 is 0 Å². The summed E-state index contributed by atoms with van der Waals surface area (Å²) in [5.74, 6) is -0.868. The number of aromatic nitrogens is 1. The van der Waals surface area contributed by atoms with Crippen molar-refractivity contribution < 1.29 is 9.90 Å². The molecule has 0 fully saturated rings. The van der Waals surface area contributed by atoms with Crippen LogP contribution in [0.5, 0.6) is 0 Å². The maximum absolute atomic E-state index is 11.3. The summed E-state index contributed by atoms with van der Waals surface area (Å²) in [6, 6.07) is 8.03. The van der Waals surface area contributed by atoms with Gasteiger partial charge in [0.1, 0.15) is 0 Å². The second-order valence-electron chi connectivity index (χ2n) is 5.35. The summed E-state index contributed by atoms with van der Waals surface area (Å²) in [5.41, 5.74) is 4.61. The van der Waals surface area contributed by atoms with Crippen molar-refractivity contribution in [3.63, 3.8) is 0 Å². The summed E-state index contributed by atoms with van der Waals surface area (Å²) in [5, 5.41) is 9.29. The van der Waals surface area contributed by atoms with Gasteiger partial charge in [-0.15, -0.1) is 0 Å². The first-order valence-corrected chi connectivity index (χ1v) is 7.82. The van der Waals surface area contributed by atoms with Gasteiger partial charge in [-0.05, 0) is 57.0 Å². The predicted octanol–water partition coefficient (Wildman–Crippen LogP) is 3.89. The Morgan fingerprint density at radius 2 is 1.86 bits per heavy atom. The molecule has 1 aromatic heterocycles. The van der Waals surface area contributed by atoms with Crippen molar-refractivity contribution >= 4 is 11.7 Å². The van der Waals surface area contributed by atoms with Crippen LogP contribution in [0.3, 0.4) is 0 Å². The van der Waals surface area contributed by atoms with Crippen molar-refractivity contribution in [1.29, 1.82) is 0 Å². The molecule has 4 heteroatoms. The number of nitrogens with zero attached hydrogens (tertiary/aromatic N) is 2. The Bertz CT molecular complexity index is 670. The average molecular weight is 300 g/mol. The summed E-state index contributed by atoms with van der Waals surface area (Å²) in [6.07, 6.45) is 2.54. The summed E-state index contributed by atoms with van der Waals surface area (Å²) in [6.45, 7) is 10.3. The highest BCUT2D eigenvalue weighted by atomic mass is 16.4. The van der Waals surface area contributed by atoms with Crippen molar-refractivity contribution in [3.05, 3.63) is 47.3 Å². The lowest BCUT2D eigenvalue weighted by Crippen LogP contribution is -2.21. The van der Waals surface area contributed by atoms with Gasteiger partial charge in [0.15, 0.2) is 0 Å². The van der Waals surface area contributed by atoms with Crippen LogP contribution in [0.2, 0.25) is 0 Å². The van der Waals surface area contributed by atoms with E-state index in [1.165, 1.54) is 5.69 Å². The van der Waals surface area contributed by atoms with Crippen LogP contribution in [0.15, 0.2) is 30.5 Å². The maximum atomic E-state index is 11.3. The number of carboxylic acid groups (broad SMARTS) is 1. The molecule has 0 amide bonds. The van der Waals surface area contributed by atoms with Gasteiger partial charge in [-0.1, -0.05) is 6.92 Å². The fraction of sp³-hybridized carbons (Fsp3) is 0.389. The van der Waals surface area contributed by atoms with Crippen LogP contribution >= 0.6 is 0 Å². The average Bonchev–Trinajstić information content (AvgIpc) is 2.92. The third-order valence-electron chi connectivity index (χ3n) is 4.13. The smallest absolute Gasteiger partial charge is 0.337 e. The number of carbonyl (C=O) groups is 1. The third-order valence-corrected chi connectivity index (χ3v) is 4.13. The predicted molar refractivity (Wildman–Crippen MR) is 90.4 cm³/mol. The molecule has 4 nitrogen and oxygen atoms in total. The van der Waals surface area contributed by atoms with Crippen LogP contribution < -0.4 is 4.90 Å². The van der Waals surface area contributed by atoms with E-state index in [1.807, 2.05) is 17.7 Å². The normalized spacial score (nSPS) is 10.7. The molecule has 2 rings (SSSR count). The van der Waals surface area contributed by atoms with Gasteiger partial charge in [0.25, 0.3) is 0 Å². The van der Waals surface area contributed by atoms with Gasteiger partial charge < -0.3 is 14.6 Å². The van der Waals surface area contributed by atoms with Crippen molar-refractivity contribution in [3.8, 4) is 5.69 Å². The quantitative estimate of drug-likeness (QED) is 0.880. The second kappa shape index (κ2) is 6.69. The topological polar surface area (TPSA) is 45.5 Å². The molecule has 0 aliphatic carbocycles. The van der Waals surface area contributed by atoms with E-state index < -0.39 is 5.97 Å². The number of hydrogen-bond acceptors (Lipinski definition) is 2. The highest BCUT2D eigenvalue weighted by molar-refractivity contribution is 5.89. The van der Waals surface area contributed by atoms with Gasteiger partial charge >= 0.3 is 5.97 Å². The fourth-order valence-electron chi connectivity index (χ4n) is 2.94. The first kappa shape index (κ1) is 16.1. The summed E-state index contributed by atoms with van der Waals surface area (Å²) in [7, 11) is 0. The Balaban J connectivity index is 2.48. The number of carboxylic acids is 1. The molecule has 0 saturated carbocycles. The van der Waals surface area contributed by atoms with Crippen molar-refractivity contribution in [2.45, 2.75) is 34.1 Å². The van der Waals surface area contributed by atoms with Crippen molar-refractivity contribution in [2.24, 2.45) is 0 Å². The van der Waals surface area contributed by atoms with E-state index in [2.05, 4.69) is 43.9 Å². The maximum Gasteiger partial charge on any atom is 0.337 e. The van der Waals surface area contributed by atoms with Gasteiger partial charge in [-0.2, -0.15) is 0 Å². The van der Waals surface area contributed by atoms with Crippen LogP contribution in [0.25, 0.3) is 5.69 Å². The Labute approximate surface area is 132 Å². The fourth-order valence-corrected chi connectivity index (χ4v) is 2.94. The highest BCUT2D eigenvalue weighted by Gasteiger charge is 2.16. The molecule has 0 spiro atoms. The number of aromatic carboxylic acids is 1. The van der Waals surface area contributed by atoms with E-state index in [1.54, 1.807) is 6.07 Å². The molecule has 2 aromatic rings. The zero-order valence-electron chi connectivity index (χ0n) is 13.8. The van der Waals surface area contributed by atoms with E-state index in [-0.39, 0.29) is 0 Å². The van der Waals surface area contributed by atoms with Crippen molar-refractivity contribution in [2.75, 3.05) is 18.0 Å². The lowest BCUT2D eigenvalue weighted by Gasteiger charge is -2.22. The molecule has 0 bridgehead atoms. The molecule has 1 heterocycles. The minimum absolute atomic E-state index is 0.384. The largest absolute Gasteiger partial charge is 0.478 e. The van der Waals surface area contributed by atoms with E-state index in [9.17, 15) is 9.90 Å². The lowest BCUT2D eigenvalue weighted by molar-refractivity contribution is 0.0696. The molecule has 0 radical (unpaired) electrons. The van der Waals surface area contributed by atoms with Crippen LogP contribution in [0.4, 0.5) is 5.69 Å². The van der Waals surface area contributed by atoms with Crippen LogP contribution in [-0.4, -0.2) is 28.7 Å². The second-order valence-corrected chi connectivity index (χ2v) is 5.35. The number of hydrogen-bond donors (Lipinski definition) is 1. The Morgan fingerprint density at radius 1 is 1.18 bits per heavy atom. The molecule has 0 aliphatic heterocycles. The molecule has 118 valence electrons. The van der Waals surface area contributed by atoms with Gasteiger partial charge in [0.2, 0.25) is 0 Å². The van der Waals surface area contributed by atoms with E-state index in [0.717, 1.165) is 30.0 Å². The lowest BCUT2D eigenvalue weighted by atomic mass is 10.1. The summed E-state index contributed by atoms with van der Waals surface area (Å²) in [4.78, 5) is 13.6. The number of benzene rings is 1. The SMILES string of the molecule is CCc1c(C(=O)O)ccn1-c1ccc(N(CC)CC)cc1C. The van der Waals surface area contributed by atoms with Crippen LogP contribution in [0, 0.1) is 6.92 Å². The molecule has 0 unspecified atom stereocenters. The van der Waals surface area contributed by atoms with Gasteiger partial charge in [-0.3, -0.25) is 0 Å². The molecule has 0 atom stereocenters. The molecular formula is C18H24N2O2. The Hall–Kier alpha value is -2.23. The summed E-state index contributed by atoms with van der Waals surface area (Å²) < 4.78 is 1.99. The van der Waals surface area contributed by atoms with E-state index in [0.29, 0.717) is 12.0 Å². The minimum atomic E-state index is -0.868. The van der Waals surface area contributed by atoms with E-state index in [4.69, 9.17) is 0 Å². The third kappa shape index (κ3) is 2.86. The first-order chi connectivity index (χ1) is 10.5. The standard InChI is InChI=1S/C18H24N2O2/c1-5-16-15(18(21)22)10-11-20(16)17-9-8-14(12-13(17)4)19(6-2)7-3/h8-12H,5-7H2,1-4H3,(H,21,22). The van der Waals surface area contributed by atoms with Crippen LogP contribution in [-0.2, 0) is 6.42 Å². The van der Waals surface area contributed by atoms with Crippen molar-refractivity contribution in [1.82, 2.24) is 4.57 Å². The monoisotopic (exact) mass is 300 g/mol. The molecule has 1 aromatic carbocycles. The molecule has 1 N–H and O–H groups in total. The number of aryl methyl sites for hydroxylation is 1. The van der Waals surface area contributed by atoms with Gasteiger partial charge in [0, 0.05) is 36.4 Å². The highest BCUT2D eigenvalue weighted by Crippen LogP contribution is 2.25. The number of rotatable bonds is 6. The Morgan fingerprint density at radius 3 is 2.36 bits per heavy atom. The molecule has 0 aliphatic rings. The molecular weight excluding hydrogens is 276 g/mol. The Kier molecular flexibility index (Phi) is 4.91. The number of anilines is 1. The van der Waals surface area contributed by atoms with Gasteiger partial charge in [-0.25, -0.2) is 4.79 Å². The first-order valence-electron chi connectivity index (χ1n) is 7.82. The zero-order chi connectivity index (χ0) is 16.3. The van der Waals surface area contributed by atoms with Crippen LogP contribution in [0.1, 0.15) is 42.4 Å². The molecule has 22 heavy (non-hydrogen) atoms. The summed E-state index contributed by atoms with van der Waals surface area (Å²) >= 11 is 0. The van der Waals surface area contributed by atoms with Gasteiger partial charge in [0.05, 0.1) is 5.56 Å². The molecule has 0 saturated heterocycles. The minimum Gasteiger partial charge on any atom is -0.478 e. The zero-order valence-corrected chi connectivity index (χ0v) is 13.8.